The zero-order chi connectivity index (χ0) is 16.6. The summed E-state index contributed by atoms with van der Waals surface area (Å²) in [6.07, 6.45) is 0.488. The summed E-state index contributed by atoms with van der Waals surface area (Å²) < 4.78 is 5.36. The Hall–Kier alpha value is -2.14. The Kier molecular flexibility index (Phi) is 4.22. The predicted molar refractivity (Wildman–Crippen MR) is 89.5 cm³/mol. The van der Waals surface area contributed by atoms with E-state index in [-0.39, 0.29) is 17.6 Å². The van der Waals surface area contributed by atoms with Gasteiger partial charge in [0.05, 0.1) is 0 Å². The molecule has 1 aliphatic rings. The van der Waals surface area contributed by atoms with Gasteiger partial charge in [-0.3, -0.25) is 9.69 Å². The first-order valence-electron chi connectivity index (χ1n) is 7.99. The molecule has 0 bridgehead atoms. The maximum atomic E-state index is 11.9. The van der Waals surface area contributed by atoms with Crippen molar-refractivity contribution in [1.82, 2.24) is 10.2 Å². The first-order chi connectivity index (χ1) is 10.9. The normalized spacial score (nSPS) is 19.6. The zero-order valence-corrected chi connectivity index (χ0v) is 13.8. The molecule has 1 N–H and O–H groups in total. The van der Waals surface area contributed by atoms with Crippen molar-refractivity contribution < 1.29 is 9.21 Å². The maximum Gasteiger partial charge on any atom is 0.336 e. The van der Waals surface area contributed by atoms with Crippen molar-refractivity contribution >= 4 is 16.9 Å². The molecular formula is C18H22N2O3. The van der Waals surface area contributed by atoms with Crippen LogP contribution in [0.4, 0.5) is 0 Å². The molecule has 0 saturated carbocycles. The zero-order valence-electron chi connectivity index (χ0n) is 13.8. The number of nitrogens with one attached hydrogen (secondary N) is 1. The van der Waals surface area contributed by atoms with Gasteiger partial charge in [-0.05, 0) is 49.6 Å². The van der Waals surface area contributed by atoms with Crippen LogP contribution in [0.5, 0.6) is 0 Å². The minimum absolute atomic E-state index is 0.0863. The van der Waals surface area contributed by atoms with Crippen LogP contribution in [0.15, 0.2) is 27.4 Å². The summed E-state index contributed by atoms with van der Waals surface area (Å²) in [6, 6.07) is 5.81. The molecule has 3 rings (SSSR count). The third kappa shape index (κ3) is 3.29. The number of benzene rings is 1. The number of fused-ring (bicyclic) bond motifs is 1. The molecule has 0 radical (unpaired) electrons. The average Bonchev–Trinajstić information content (AvgIpc) is 2.65. The van der Waals surface area contributed by atoms with E-state index in [0.29, 0.717) is 31.6 Å². The molecule has 5 heteroatoms. The number of nitrogens with zero attached hydrogens (tertiary/aromatic N) is 1. The van der Waals surface area contributed by atoms with Gasteiger partial charge in [-0.25, -0.2) is 4.79 Å². The SMILES string of the molecule is Cc1cc2oc(=O)cc(CN3CCC(=O)NCC3C)c2cc1C. The lowest BCUT2D eigenvalue weighted by Gasteiger charge is -2.26. The summed E-state index contributed by atoms with van der Waals surface area (Å²) in [4.78, 5) is 25.7. The minimum Gasteiger partial charge on any atom is -0.423 e. The van der Waals surface area contributed by atoms with Gasteiger partial charge in [0.2, 0.25) is 5.91 Å². The second-order valence-corrected chi connectivity index (χ2v) is 6.40. The summed E-state index contributed by atoms with van der Waals surface area (Å²) >= 11 is 0. The number of carbonyl (C=O) groups excluding carboxylic acids is 1. The Morgan fingerprint density at radius 3 is 2.74 bits per heavy atom. The smallest absolute Gasteiger partial charge is 0.336 e. The molecule has 1 atom stereocenters. The standard InChI is InChI=1S/C18H22N2O3/c1-11-6-15-14(8-18(22)23-16(15)7-12(11)2)10-20-5-4-17(21)19-9-13(20)3/h6-8,13H,4-5,9-10H2,1-3H3,(H,19,21). The number of hydrogen-bond donors (Lipinski definition) is 1. The molecule has 0 aliphatic carbocycles. The van der Waals surface area contributed by atoms with Gasteiger partial charge in [0.15, 0.2) is 0 Å². The number of hydrogen-bond acceptors (Lipinski definition) is 4. The molecule has 1 aromatic heterocycles. The van der Waals surface area contributed by atoms with Crippen molar-refractivity contribution in [2.75, 3.05) is 13.1 Å². The quantitative estimate of drug-likeness (QED) is 0.863. The number of rotatable bonds is 2. The van der Waals surface area contributed by atoms with Crippen molar-refractivity contribution in [3.8, 4) is 0 Å². The Bertz CT molecular complexity index is 810. The number of aryl methyl sites for hydroxylation is 2. The topological polar surface area (TPSA) is 62.6 Å². The van der Waals surface area contributed by atoms with Gasteiger partial charge in [0.1, 0.15) is 5.58 Å². The van der Waals surface area contributed by atoms with Crippen molar-refractivity contribution in [3.05, 3.63) is 45.3 Å². The van der Waals surface area contributed by atoms with E-state index in [4.69, 9.17) is 4.42 Å². The second kappa shape index (κ2) is 6.16. The van der Waals surface area contributed by atoms with Crippen molar-refractivity contribution in [2.45, 2.75) is 39.8 Å². The molecule has 1 fully saturated rings. The van der Waals surface area contributed by atoms with Gasteiger partial charge < -0.3 is 9.73 Å². The molecule has 1 aliphatic heterocycles. The fourth-order valence-electron chi connectivity index (χ4n) is 3.01. The van der Waals surface area contributed by atoms with E-state index in [9.17, 15) is 9.59 Å². The Morgan fingerprint density at radius 1 is 1.22 bits per heavy atom. The third-order valence-corrected chi connectivity index (χ3v) is 4.66. The maximum absolute atomic E-state index is 11.9. The van der Waals surface area contributed by atoms with Crippen molar-refractivity contribution in [3.63, 3.8) is 0 Å². The summed E-state index contributed by atoms with van der Waals surface area (Å²) in [5, 5.41) is 3.89. The molecule has 1 amide bonds. The highest BCUT2D eigenvalue weighted by Crippen LogP contribution is 2.23. The van der Waals surface area contributed by atoms with E-state index in [0.717, 1.165) is 16.5 Å². The van der Waals surface area contributed by atoms with Gasteiger partial charge in [0.25, 0.3) is 0 Å². The Labute approximate surface area is 135 Å². The molecule has 1 unspecified atom stereocenters. The lowest BCUT2D eigenvalue weighted by atomic mass is 10.0. The average molecular weight is 314 g/mol. The minimum atomic E-state index is -0.326. The molecule has 0 spiro atoms. The van der Waals surface area contributed by atoms with Gasteiger partial charge in [-0.1, -0.05) is 0 Å². The largest absolute Gasteiger partial charge is 0.423 e. The first-order valence-corrected chi connectivity index (χ1v) is 7.99. The number of carbonyl (C=O) groups is 1. The van der Waals surface area contributed by atoms with Gasteiger partial charge in [0, 0.05) is 43.5 Å². The fraction of sp³-hybridized carbons (Fsp3) is 0.444. The molecule has 1 saturated heterocycles. The highest BCUT2D eigenvalue weighted by molar-refractivity contribution is 5.82. The van der Waals surface area contributed by atoms with Crippen molar-refractivity contribution in [2.24, 2.45) is 0 Å². The van der Waals surface area contributed by atoms with Gasteiger partial charge in [-0.2, -0.15) is 0 Å². The van der Waals surface area contributed by atoms with Crippen LogP contribution in [0, 0.1) is 13.8 Å². The van der Waals surface area contributed by atoms with Crippen LogP contribution in [0.3, 0.4) is 0 Å². The molecule has 2 heterocycles. The summed E-state index contributed by atoms with van der Waals surface area (Å²) in [5.74, 6) is 0.0863. The van der Waals surface area contributed by atoms with Crippen LogP contribution in [-0.2, 0) is 11.3 Å². The van der Waals surface area contributed by atoms with Crippen molar-refractivity contribution in [1.29, 1.82) is 0 Å². The fourth-order valence-corrected chi connectivity index (χ4v) is 3.01. The van der Waals surface area contributed by atoms with Crippen LogP contribution < -0.4 is 10.9 Å². The van der Waals surface area contributed by atoms with E-state index in [1.165, 1.54) is 5.56 Å². The molecular weight excluding hydrogens is 292 g/mol. The van der Waals surface area contributed by atoms with E-state index in [2.05, 4.69) is 30.1 Å². The monoisotopic (exact) mass is 314 g/mol. The van der Waals surface area contributed by atoms with Crippen LogP contribution in [0.25, 0.3) is 11.0 Å². The van der Waals surface area contributed by atoms with Gasteiger partial charge >= 0.3 is 5.63 Å². The van der Waals surface area contributed by atoms with E-state index in [1.54, 1.807) is 6.07 Å². The molecule has 2 aromatic rings. The van der Waals surface area contributed by atoms with E-state index in [1.807, 2.05) is 13.0 Å². The predicted octanol–water partition coefficient (Wildman–Crippen LogP) is 2.12. The summed E-state index contributed by atoms with van der Waals surface area (Å²) in [5.41, 5.74) is 3.55. The molecule has 5 nitrogen and oxygen atoms in total. The first kappa shape index (κ1) is 15.7. The highest BCUT2D eigenvalue weighted by atomic mass is 16.4. The second-order valence-electron chi connectivity index (χ2n) is 6.40. The lowest BCUT2D eigenvalue weighted by Crippen LogP contribution is -2.37. The lowest BCUT2D eigenvalue weighted by molar-refractivity contribution is -0.120. The summed E-state index contributed by atoms with van der Waals surface area (Å²) in [6.45, 7) is 8.13. The van der Waals surface area contributed by atoms with Crippen LogP contribution in [0.2, 0.25) is 0 Å². The summed E-state index contributed by atoms with van der Waals surface area (Å²) in [7, 11) is 0. The molecule has 122 valence electrons. The molecule has 1 aromatic carbocycles. The van der Waals surface area contributed by atoms with Gasteiger partial charge in [-0.15, -0.1) is 0 Å². The number of amides is 1. The highest BCUT2D eigenvalue weighted by Gasteiger charge is 2.21. The van der Waals surface area contributed by atoms with E-state index >= 15 is 0 Å². The molecule has 23 heavy (non-hydrogen) atoms. The van der Waals surface area contributed by atoms with Crippen LogP contribution >= 0.6 is 0 Å². The third-order valence-electron chi connectivity index (χ3n) is 4.66. The van der Waals surface area contributed by atoms with Crippen LogP contribution in [0.1, 0.15) is 30.0 Å². The van der Waals surface area contributed by atoms with Crippen LogP contribution in [-0.4, -0.2) is 29.9 Å². The Balaban J connectivity index is 2.00. The van der Waals surface area contributed by atoms with E-state index < -0.39 is 0 Å². The Morgan fingerprint density at radius 2 is 1.96 bits per heavy atom.